The SMILES string of the molecule is O=C(O)c1ccc(Nc2ncc3ccccc3n2)cc1. The Morgan fingerprint density at radius 3 is 2.55 bits per heavy atom. The number of para-hydroxylation sites is 1. The third-order valence-corrected chi connectivity index (χ3v) is 2.88. The minimum atomic E-state index is -0.946. The Morgan fingerprint density at radius 2 is 1.80 bits per heavy atom. The highest BCUT2D eigenvalue weighted by Gasteiger charge is 2.03. The maximum Gasteiger partial charge on any atom is 0.335 e. The molecule has 2 N–H and O–H groups in total. The molecule has 0 radical (unpaired) electrons. The van der Waals surface area contributed by atoms with E-state index in [2.05, 4.69) is 15.3 Å². The lowest BCUT2D eigenvalue weighted by molar-refractivity contribution is 0.0697. The number of aromatic nitrogens is 2. The van der Waals surface area contributed by atoms with Crippen LogP contribution in [0.2, 0.25) is 0 Å². The third-order valence-electron chi connectivity index (χ3n) is 2.88. The zero-order valence-electron chi connectivity index (χ0n) is 10.4. The van der Waals surface area contributed by atoms with E-state index in [1.807, 2.05) is 24.3 Å². The monoisotopic (exact) mass is 265 g/mol. The fraction of sp³-hybridized carbons (Fsp3) is 0. The van der Waals surface area contributed by atoms with Gasteiger partial charge in [-0.05, 0) is 30.3 Å². The molecule has 0 atom stereocenters. The number of hydrogen-bond donors (Lipinski definition) is 2. The molecule has 5 nitrogen and oxygen atoms in total. The van der Waals surface area contributed by atoms with E-state index >= 15 is 0 Å². The number of nitrogens with one attached hydrogen (secondary N) is 1. The van der Waals surface area contributed by atoms with Crippen molar-refractivity contribution in [3.05, 3.63) is 60.3 Å². The van der Waals surface area contributed by atoms with E-state index in [4.69, 9.17) is 5.11 Å². The summed E-state index contributed by atoms with van der Waals surface area (Å²) in [5.41, 5.74) is 1.84. The lowest BCUT2D eigenvalue weighted by Gasteiger charge is -2.05. The van der Waals surface area contributed by atoms with E-state index in [-0.39, 0.29) is 5.56 Å². The molecule has 3 rings (SSSR count). The quantitative estimate of drug-likeness (QED) is 0.761. The Labute approximate surface area is 114 Å². The van der Waals surface area contributed by atoms with E-state index < -0.39 is 5.97 Å². The summed E-state index contributed by atoms with van der Waals surface area (Å²) in [5, 5.41) is 12.9. The van der Waals surface area contributed by atoms with Crippen molar-refractivity contribution >= 4 is 28.5 Å². The molecule has 0 aliphatic heterocycles. The second-order valence-corrected chi connectivity index (χ2v) is 4.26. The van der Waals surface area contributed by atoms with Gasteiger partial charge in [0.2, 0.25) is 5.95 Å². The molecule has 1 heterocycles. The number of rotatable bonds is 3. The molecule has 1 aromatic heterocycles. The van der Waals surface area contributed by atoms with Crippen LogP contribution in [0.5, 0.6) is 0 Å². The molecule has 3 aromatic rings. The van der Waals surface area contributed by atoms with Gasteiger partial charge < -0.3 is 10.4 Å². The molecule has 0 unspecified atom stereocenters. The van der Waals surface area contributed by atoms with Crippen molar-refractivity contribution in [3.63, 3.8) is 0 Å². The smallest absolute Gasteiger partial charge is 0.335 e. The van der Waals surface area contributed by atoms with Gasteiger partial charge in [0.15, 0.2) is 0 Å². The fourth-order valence-corrected chi connectivity index (χ4v) is 1.86. The van der Waals surface area contributed by atoms with Crippen molar-refractivity contribution in [2.24, 2.45) is 0 Å². The van der Waals surface area contributed by atoms with Crippen LogP contribution in [-0.2, 0) is 0 Å². The summed E-state index contributed by atoms with van der Waals surface area (Å²) in [6, 6.07) is 14.1. The zero-order valence-corrected chi connectivity index (χ0v) is 10.4. The average Bonchev–Trinajstić information content (AvgIpc) is 2.48. The molecule has 2 aromatic carbocycles. The van der Waals surface area contributed by atoms with Crippen LogP contribution in [0, 0.1) is 0 Å². The van der Waals surface area contributed by atoms with Crippen molar-refractivity contribution in [1.82, 2.24) is 9.97 Å². The summed E-state index contributed by atoms with van der Waals surface area (Å²) in [5.74, 6) is -0.467. The minimum Gasteiger partial charge on any atom is -0.478 e. The fourth-order valence-electron chi connectivity index (χ4n) is 1.86. The molecular weight excluding hydrogens is 254 g/mol. The van der Waals surface area contributed by atoms with Gasteiger partial charge in [-0.3, -0.25) is 0 Å². The molecule has 0 saturated carbocycles. The lowest BCUT2D eigenvalue weighted by Crippen LogP contribution is -1.99. The molecule has 20 heavy (non-hydrogen) atoms. The molecular formula is C15H11N3O2. The van der Waals surface area contributed by atoms with Gasteiger partial charge in [0.25, 0.3) is 0 Å². The summed E-state index contributed by atoms with van der Waals surface area (Å²) in [6.07, 6.45) is 1.75. The molecule has 0 saturated heterocycles. The van der Waals surface area contributed by atoms with Crippen LogP contribution in [0.25, 0.3) is 10.9 Å². The predicted octanol–water partition coefficient (Wildman–Crippen LogP) is 3.07. The van der Waals surface area contributed by atoms with Gasteiger partial charge in [-0.1, -0.05) is 18.2 Å². The summed E-state index contributed by atoms with van der Waals surface area (Å²) in [4.78, 5) is 19.4. The molecule has 5 heteroatoms. The molecule has 0 spiro atoms. The number of aromatic carboxylic acids is 1. The number of hydrogen-bond acceptors (Lipinski definition) is 4. The number of fused-ring (bicyclic) bond motifs is 1. The molecule has 0 aliphatic carbocycles. The van der Waals surface area contributed by atoms with Crippen molar-refractivity contribution in [3.8, 4) is 0 Å². The average molecular weight is 265 g/mol. The largest absolute Gasteiger partial charge is 0.478 e. The molecule has 0 amide bonds. The standard InChI is InChI=1S/C15H11N3O2/c19-14(20)10-5-7-12(8-6-10)17-15-16-9-11-3-1-2-4-13(11)18-15/h1-9H,(H,19,20)(H,16,17,18). The van der Waals surface area contributed by atoms with Crippen molar-refractivity contribution in [2.45, 2.75) is 0 Å². The maximum atomic E-state index is 10.8. The second kappa shape index (κ2) is 4.97. The summed E-state index contributed by atoms with van der Waals surface area (Å²) >= 11 is 0. The van der Waals surface area contributed by atoms with Gasteiger partial charge in [0.05, 0.1) is 11.1 Å². The van der Waals surface area contributed by atoms with Gasteiger partial charge in [-0.2, -0.15) is 0 Å². The van der Waals surface area contributed by atoms with Gasteiger partial charge in [-0.15, -0.1) is 0 Å². The van der Waals surface area contributed by atoms with Gasteiger partial charge in [-0.25, -0.2) is 14.8 Å². The highest BCUT2D eigenvalue weighted by atomic mass is 16.4. The van der Waals surface area contributed by atoms with Crippen LogP contribution in [0.3, 0.4) is 0 Å². The Bertz CT molecular complexity index is 769. The van der Waals surface area contributed by atoms with Crippen LogP contribution < -0.4 is 5.32 Å². The first-order chi connectivity index (χ1) is 9.72. The number of nitrogens with zero attached hydrogens (tertiary/aromatic N) is 2. The first kappa shape index (κ1) is 12.1. The zero-order chi connectivity index (χ0) is 13.9. The molecule has 0 fully saturated rings. The molecule has 98 valence electrons. The Morgan fingerprint density at radius 1 is 1.05 bits per heavy atom. The highest BCUT2D eigenvalue weighted by molar-refractivity contribution is 5.88. The van der Waals surface area contributed by atoms with E-state index in [0.29, 0.717) is 5.95 Å². The van der Waals surface area contributed by atoms with Gasteiger partial charge in [0, 0.05) is 17.3 Å². The van der Waals surface area contributed by atoms with Crippen LogP contribution in [-0.4, -0.2) is 21.0 Å². The van der Waals surface area contributed by atoms with Gasteiger partial charge >= 0.3 is 5.97 Å². The number of carbonyl (C=O) groups is 1. The first-order valence-corrected chi connectivity index (χ1v) is 6.04. The summed E-state index contributed by atoms with van der Waals surface area (Å²) in [6.45, 7) is 0. The molecule has 0 aliphatic rings. The number of carboxylic acid groups (broad SMARTS) is 1. The first-order valence-electron chi connectivity index (χ1n) is 6.04. The van der Waals surface area contributed by atoms with Crippen molar-refractivity contribution in [1.29, 1.82) is 0 Å². The normalized spacial score (nSPS) is 10.4. The van der Waals surface area contributed by atoms with Crippen LogP contribution in [0.1, 0.15) is 10.4 Å². The van der Waals surface area contributed by atoms with E-state index in [1.54, 1.807) is 18.3 Å². The van der Waals surface area contributed by atoms with Crippen molar-refractivity contribution < 1.29 is 9.90 Å². The topological polar surface area (TPSA) is 75.1 Å². The van der Waals surface area contributed by atoms with E-state index in [1.165, 1.54) is 12.1 Å². The Kier molecular flexibility index (Phi) is 3.01. The van der Waals surface area contributed by atoms with E-state index in [0.717, 1.165) is 16.6 Å². The summed E-state index contributed by atoms with van der Waals surface area (Å²) < 4.78 is 0. The van der Waals surface area contributed by atoms with Crippen molar-refractivity contribution in [2.75, 3.05) is 5.32 Å². The Balaban J connectivity index is 1.87. The second-order valence-electron chi connectivity index (χ2n) is 4.26. The number of carboxylic acids is 1. The van der Waals surface area contributed by atoms with Crippen LogP contribution in [0.4, 0.5) is 11.6 Å². The number of benzene rings is 2. The maximum absolute atomic E-state index is 10.8. The number of anilines is 2. The van der Waals surface area contributed by atoms with Crippen LogP contribution in [0.15, 0.2) is 54.7 Å². The lowest BCUT2D eigenvalue weighted by atomic mass is 10.2. The summed E-state index contributed by atoms with van der Waals surface area (Å²) in [7, 11) is 0. The van der Waals surface area contributed by atoms with Crippen LogP contribution >= 0.6 is 0 Å². The third kappa shape index (κ3) is 2.42. The molecule has 0 bridgehead atoms. The Hall–Kier alpha value is -2.95. The van der Waals surface area contributed by atoms with E-state index in [9.17, 15) is 4.79 Å². The highest BCUT2D eigenvalue weighted by Crippen LogP contribution is 2.16. The van der Waals surface area contributed by atoms with Gasteiger partial charge in [0.1, 0.15) is 0 Å². The predicted molar refractivity (Wildman–Crippen MR) is 76.2 cm³/mol. The minimum absolute atomic E-state index is 0.245.